The van der Waals surface area contributed by atoms with Crippen molar-refractivity contribution in [2.75, 3.05) is 26.3 Å². The van der Waals surface area contributed by atoms with E-state index < -0.39 is 0 Å². The van der Waals surface area contributed by atoms with Gasteiger partial charge in [0.1, 0.15) is 6.61 Å². The van der Waals surface area contributed by atoms with Gasteiger partial charge in [-0.15, -0.1) is 0 Å². The monoisotopic (exact) mass is 287 g/mol. The lowest BCUT2D eigenvalue weighted by molar-refractivity contribution is -0.00224. The van der Waals surface area contributed by atoms with Gasteiger partial charge in [0.15, 0.2) is 0 Å². The molecule has 0 spiro atoms. The summed E-state index contributed by atoms with van der Waals surface area (Å²) in [7, 11) is 0. The Labute approximate surface area is 127 Å². The van der Waals surface area contributed by atoms with Crippen LogP contribution in [-0.2, 0) is 11.3 Å². The number of nitrogens with zero attached hydrogens (tertiary/aromatic N) is 1. The first-order valence-electron chi connectivity index (χ1n) is 7.85. The molecule has 0 amide bonds. The molecule has 1 unspecified atom stereocenters. The van der Waals surface area contributed by atoms with E-state index in [9.17, 15) is 0 Å². The van der Waals surface area contributed by atoms with E-state index in [-0.39, 0.29) is 6.61 Å². The zero-order chi connectivity index (χ0) is 14.9. The van der Waals surface area contributed by atoms with Crippen LogP contribution in [0.5, 0.6) is 0 Å². The van der Waals surface area contributed by atoms with Gasteiger partial charge in [0.2, 0.25) is 0 Å². The minimum atomic E-state index is -0.0923. The fourth-order valence-corrected chi connectivity index (χ4v) is 2.73. The topological polar surface area (TPSA) is 32.7 Å². The molecule has 2 rings (SSSR count). The Morgan fingerprint density at radius 2 is 2.24 bits per heavy atom. The van der Waals surface area contributed by atoms with Crippen molar-refractivity contribution >= 4 is 0 Å². The Morgan fingerprint density at radius 1 is 1.38 bits per heavy atom. The summed E-state index contributed by atoms with van der Waals surface area (Å²) in [6, 6.07) is 8.19. The summed E-state index contributed by atoms with van der Waals surface area (Å²) < 4.78 is 5.89. The Bertz CT molecular complexity index is 489. The maximum absolute atomic E-state index is 8.86. The molecule has 1 aliphatic rings. The maximum Gasteiger partial charge on any atom is 0.104 e. The molecule has 0 aromatic heterocycles. The number of likely N-dealkylation sites (tertiary alicyclic amines) is 1. The van der Waals surface area contributed by atoms with Gasteiger partial charge in [0.05, 0.1) is 6.10 Å². The average Bonchev–Trinajstić information content (AvgIpc) is 2.52. The summed E-state index contributed by atoms with van der Waals surface area (Å²) in [5.41, 5.74) is 2.25. The lowest BCUT2D eigenvalue weighted by atomic mass is 10.0. The van der Waals surface area contributed by atoms with E-state index in [0.717, 1.165) is 38.2 Å². The molecule has 1 heterocycles. The van der Waals surface area contributed by atoms with Gasteiger partial charge in [0, 0.05) is 25.3 Å². The molecule has 1 aliphatic heterocycles. The van der Waals surface area contributed by atoms with E-state index in [1.807, 2.05) is 12.1 Å². The van der Waals surface area contributed by atoms with E-state index in [0.29, 0.717) is 6.10 Å². The fraction of sp³-hybridized carbons (Fsp3) is 0.556. The highest BCUT2D eigenvalue weighted by Gasteiger charge is 2.20. The molecule has 0 bridgehead atoms. The number of benzene rings is 1. The molecule has 1 saturated heterocycles. The number of hydrogen-bond acceptors (Lipinski definition) is 3. The van der Waals surface area contributed by atoms with E-state index in [1.54, 1.807) is 0 Å². The molecule has 1 atom stereocenters. The molecule has 1 aromatic carbocycles. The highest BCUT2D eigenvalue weighted by molar-refractivity contribution is 5.41. The van der Waals surface area contributed by atoms with Crippen molar-refractivity contribution in [1.82, 2.24) is 4.90 Å². The first-order valence-corrected chi connectivity index (χ1v) is 7.85. The smallest absolute Gasteiger partial charge is 0.104 e. The van der Waals surface area contributed by atoms with E-state index >= 15 is 0 Å². The van der Waals surface area contributed by atoms with E-state index in [2.05, 4.69) is 35.8 Å². The molecule has 3 nitrogen and oxygen atoms in total. The third-order valence-electron chi connectivity index (χ3n) is 3.73. The minimum Gasteiger partial charge on any atom is -0.384 e. The van der Waals surface area contributed by atoms with Crippen LogP contribution in [0.3, 0.4) is 0 Å². The predicted octanol–water partition coefficient (Wildman–Crippen LogP) is 2.42. The molecule has 0 radical (unpaired) electrons. The van der Waals surface area contributed by atoms with Gasteiger partial charge in [-0.2, -0.15) is 0 Å². The van der Waals surface area contributed by atoms with Gasteiger partial charge in [-0.1, -0.05) is 37.0 Å². The number of aliphatic hydroxyl groups is 1. The zero-order valence-electron chi connectivity index (χ0n) is 12.8. The number of rotatable bonds is 5. The van der Waals surface area contributed by atoms with Gasteiger partial charge in [-0.3, -0.25) is 4.90 Å². The van der Waals surface area contributed by atoms with Crippen LogP contribution in [0.4, 0.5) is 0 Å². The van der Waals surface area contributed by atoms with Crippen LogP contribution in [0, 0.1) is 11.8 Å². The Hall–Kier alpha value is -1.34. The molecule has 0 aliphatic carbocycles. The van der Waals surface area contributed by atoms with Crippen molar-refractivity contribution in [2.24, 2.45) is 0 Å². The highest BCUT2D eigenvalue weighted by atomic mass is 16.5. The van der Waals surface area contributed by atoms with Crippen LogP contribution in [0.1, 0.15) is 37.3 Å². The summed E-state index contributed by atoms with van der Waals surface area (Å²) in [5, 5.41) is 8.86. The van der Waals surface area contributed by atoms with Crippen LogP contribution in [0.15, 0.2) is 24.3 Å². The summed E-state index contributed by atoms with van der Waals surface area (Å²) in [4.78, 5) is 2.45. The van der Waals surface area contributed by atoms with Crippen molar-refractivity contribution in [3.63, 3.8) is 0 Å². The number of piperidine rings is 1. The third-order valence-corrected chi connectivity index (χ3v) is 3.73. The molecule has 114 valence electrons. The number of aliphatic hydroxyl groups excluding tert-OH is 1. The minimum absolute atomic E-state index is 0.0923. The molecule has 0 saturated carbocycles. The summed E-state index contributed by atoms with van der Waals surface area (Å²) in [6.45, 7) is 5.94. The fourth-order valence-electron chi connectivity index (χ4n) is 2.73. The molecule has 21 heavy (non-hydrogen) atoms. The second-order valence-electron chi connectivity index (χ2n) is 5.49. The normalized spacial score (nSPS) is 19.0. The zero-order valence-corrected chi connectivity index (χ0v) is 12.8. The second kappa shape index (κ2) is 8.84. The lowest BCUT2D eigenvalue weighted by Crippen LogP contribution is -2.39. The van der Waals surface area contributed by atoms with Crippen LogP contribution in [0.25, 0.3) is 0 Å². The van der Waals surface area contributed by atoms with Gasteiger partial charge in [-0.05, 0) is 37.4 Å². The highest BCUT2D eigenvalue weighted by Crippen LogP contribution is 2.18. The molecular weight excluding hydrogens is 262 g/mol. The third kappa shape index (κ3) is 5.17. The van der Waals surface area contributed by atoms with Gasteiger partial charge in [-0.25, -0.2) is 0 Å². The lowest BCUT2D eigenvalue weighted by Gasteiger charge is -2.32. The summed E-state index contributed by atoms with van der Waals surface area (Å²) in [5.74, 6) is 5.78. The predicted molar refractivity (Wildman–Crippen MR) is 84.9 cm³/mol. The van der Waals surface area contributed by atoms with Gasteiger partial charge >= 0.3 is 0 Å². The standard InChI is InChI=1S/C18H25NO2/c1-2-13-21-18-10-5-11-19(15-18)14-17-8-4-3-7-16(17)9-6-12-20/h3-4,7-8,18,20H,2,5,10-15H2,1H3. The molecule has 1 N–H and O–H groups in total. The molecule has 3 heteroatoms. The first kappa shape index (κ1) is 16.0. The summed E-state index contributed by atoms with van der Waals surface area (Å²) >= 11 is 0. The van der Waals surface area contributed by atoms with Gasteiger partial charge < -0.3 is 9.84 Å². The Balaban J connectivity index is 1.97. The molecule has 1 fully saturated rings. The van der Waals surface area contributed by atoms with Crippen molar-refractivity contribution in [2.45, 2.75) is 38.8 Å². The van der Waals surface area contributed by atoms with Crippen molar-refractivity contribution in [1.29, 1.82) is 0 Å². The van der Waals surface area contributed by atoms with Crippen LogP contribution in [-0.4, -0.2) is 42.4 Å². The second-order valence-corrected chi connectivity index (χ2v) is 5.49. The number of ether oxygens (including phenoxy) is 1. The Morgan fingerprint density at radius 3 is 3.05 bits per heavy atom. The van der Waals surface area contributed by atoms with Crippen molar-refractivity contribution < 1.29 is 9.84 Å². The average molecular weight is 287 g/mol. The first-order chi connectivity index (χ1) is 10.3. The van der Waals surface area contributed by atoms with Crippen LogP contribution >= 0.6 is 0 Å². The van der Waals surface area contributed by atoms with Crippen LogP contribution in [0.2, 0.25) is 0 Å². The van der Waals surface area contributed by atoms with E-state index in [4.69, 9.17) is 9.84 Å². The van der Waals surface area contributed by atoms with Gasteiger partial charge in [0.25, 0.3) is 0 Å². The maximum atomic E-state index is 8.86. The SMILES string of the molecule is CCCOC1CCCN(Cc2ccccc2C#CCO)C1. The molecule has 1 aromatic rings. The molecular formula is C18H25NO2. The van der Waals surface area contributed by atoms with Crippen molar-refractivity contribution in [3.8, 4) is 11.8 Å². The van der Waals surface area contributed by atoms with E-state index in [1.165, 1.54) is 18.4 Å². The number of hydrogen-bond donors (Lipinski definition) is 1. The summed E-state index contributed by atoms with van der Waals surface area (Å²) in [6.07, 6.45) is 3.81. The Kier molecular flexibility index (Phi) is 6.75. The van der Waals surface area contributed by atoms with Crippen LogP contribution < -0.4 is 0 Å². The largest absolute Gasteiger partial charge is 0.384 e. The van der Waals surface area contributed by atoms with Crippen molar-refractivity contribution in [3.05, 3.63) is 35.4 Å². The quantitative estimate of drug-likeness (QED) is 0.844.